The van der Waals surface area contributed by atoms with Crippen molar-refractivity contribution >= 4 is 5.91 Å². The summed E-state index contributed by atoms with van der Waals surface area (Å²) >= 11 is 0. The first-order valence-electron chi connectivity index (χ1n) is 6.87. The first-order valence-corrected chi connectivity index (χ1v) is 6.87. The average molecular weight is 314 g/mol. The van der Waals surface area contributed by atoms with Crippen molar-refractivity contribution in [2.45, 2.75) is 13.2 Å². The van der Waals surface area contributed by atoms with Crippen LogP contribution in [-0.2, 0) is 17.9 Å². The van der Waals surface area contributed by atoms with Gasteiger partial charge in [-0.15, -0.1) is 0 Å². The van der Waals surface area contributed by atoms with Gasteiger partial charge < -0.3 is 19.1 Å². The topological polar surface area (TPSA) is 103 Å². The van der Waals surface area contributed by atoms with Gasteiger partial charge in [0.15, 0.2) is 17.3 Å². The summed E-state index contributed by atoms with van der Waals surface area (Å²) in [6.07, 6.45) is 0. The Morgan fingerprint density at radius 1 is 1.22 bits per heavy atom. The molecule has 3 aromatic rings. The molecule has 3 rings (SSSR count). The van der Waals surface area contributed by atoms with E-state index in [-0.39, 0.29) is 24.8 Å². The van der Waals surface area contributed by atoms with Gasteiger partial charge in [-0.2, -0.15) is 4.98 Å². The van der Waals surface area contributed by atoms with Crippen LogP contribution in [0.2, 0.25) is 0 Å². The van der Waals surface area contributed by atoms with Crippen LogP contribution in [-0.4, -0.2) is 28.3 Å². The molecule has 0 radical (unpaired) electrons. The smallest absolute Gasteiger partial charge is 0.273 e. The third-order valence-corrected chi connectivity index (χ3v) is 2.99. The Bertz CT molecular complexity index is 782. The summed E-state index contributed by atoms with van der Waals surface area (Å²) in [7, 11) is 1.53. The van der Waals surface area contributed by atoms with Crippen molar-refractivity contribution in [3.05, 3.63) is 53.8 Å². The number of carbonyl (C=O) groups is 1. The molecule has 1 aromatic carbocycles. The number of benzene rings is 1. The van der Waals surface area contributed by atoms with E-state index in [1.54, 1.807) is 6.07 Å². The van der Waals surface area contributed by atoms with Crippen LogP contribution in [0.4, 0.5) is 0 Å². The fourth-order valence-corrected chi connectivity index (χ4v) is 1.91. The fraction of sp³-hybridized carbons (Fsp3) is 0.200. The van der Waals surface area contributed by atoms with E-state index in [4.69, 9.17) is 13.8 Å². The summed E-state index contributed by atoms with van der Waals surface area (Å²) in [5.41, 5.74) is 1.03. The molecule has 2 aromatic heterocycles. The number of hydrogen-bond donors (Lipinski definition) is 1. The maximum Gasteiger partial charge on any atom is 0.273 e. The maximum absolute atomic E-state index is 12.1. The van der Waals surface area contributed by atoms with E-state index >= 15 is 0 Å². The van der Waals surface area contributed by atoms with E-state index in [9.17, 15) is 4.79 Å². The lowest BCUT2D eigenvalue weighted by Gasteiger charge is -1.97. The molecule has 0 saturated carbocycles. The molecular weight excluding hydrogens is 300 g/mol. The van der Waals surface area contributed by atoms with Gasteiger partial charge in [0.25, 0.3) is 11.8 Å². The molecule has 0 unspecified atom stereocenters. The first kappa shape index (κ1) is 14.9. The quantitative estimate of drug-likeness (QED) is 0.740. The minimum atomic E-state index is -0.381. The highest BCUT2D eigenvalue weighted by atomic mass is 16.5. The predicted molar refractivity (Wildman–Crippen MR) is 78.1 cm³/mol. The monoisotopic (exact) mass is 314 g/mol. The van der Waals surface area contributed by atoms with Gasteiger partial charge in [0.05, 0.1) is 6.54 Å². The Hall–Kier alpha value is -3.00. The zero-order valence-electron chi connectivity index (χ0n) is 12.4. The lowest BCUT2D eigenvalue weighted by molar-refractivity contribution is 0.0940. The standard InChI is InChI=1S/C15H14N4O4/c1-21-9-14-17-13(19-23-14)8-16-15(20)11-7-12(22-18-11)10-5-3-2-4-6-10/h2-7H,8-9H2,1H3,(H,16,20). The van der Waals surface area contributed by atoms with E-state index in [2.05, 4.69) is 20.6 Å². The molecule has 0 aliphatic rings. The average Bonchev–Trinajstić information content (AvgIpc) is 3.23. The van der Waals surface area contributed by atoms with Crippen molar-refractivity contribution in [1.82, 2.24) is 20.6 Å². The Morgan fingerprint density at radius 3 is 2.83 bits per heavy atom. The summed E-state index contributed by atoms with van der Waals surface area (Å²) in [4.78, 5) is 16.1. The number of amides is 1. The highest BCUT2D eigenvalue weighted by Crippen LogP contribution is 2.19. The van der Waals surface area contributed by atoms with E-state index in [0.717, 1.165) is 5.56 Å². The zero-order valence-corrected chi connectivity index (χ0v) is 12.4. The van der Waals surface area contributed by atoms with E-state index in [0.29, 0.717) is 17.5 Å². The Labute approximate surface area is 131 Å². The molecule has 0 saturated heterocycles. The highest BCUT2D eigenvalue weighted by molar-refractivity contribution is 5.92. The second-order valence-corrected chi connectivity index (χ2v) is 4.66. The van der Waals surface area contributed by atoms with Crippen molar-refractivity contribution in [3.8, 4) is 11.3 Å². The van der Waals surface area contributed by atoms with Gasteiger partial charge in [-0.25, -0.2) is 0 Å². The highest BCUT2D eigenvalue weighted by Gasteiger charge is 2.14. The van der Waals surface area contributed by atoms with Gasteiger partial charge in [0, 0.05) is 18.7 Å². The number of hydrogen-bond acceptors (Lipinski definition) is 7. The normalized spacial score (nSPS) is 10.7. The number of methoxy groups -OCH3 is 1. The number of ether oxygens (including phenoxy) is 1. The molecular formula is C15H14N4O4. The van der Waals surface area contributed by atoms with Crippen molar-refractivity contribution in [3.63, 3.8) is 0 Å². The number of carbonyl (C=O) groups excluding carboxylic acids is 1. The minimum Gasteiger partial charge on any atom is -0.375 e. The molecule has 1 N–H and O–H groups in total. The minimum absolute atomic E-state index is 0.125. The van der Waals surface area contributed by atoms with Crippen molar-refractivity contribution < 1.29 is 18.6 Å². The Kier molecular flexibility index (Phi) is 4.44. The molecule has 8 heteroatoms. The second kappa shape index (κ2) is 6.84. The molecule has 1 amide bonds. The molecule has 0 atom stereocenters. The van der Waals surface area contributed by atoms with Gasteiger partial charge in [-0.05, 0) is 0 Å². The van der Waals surface area contributed by atoms with E-state index < -0.39 is 0 Å². The molecule has 0 bridgehead atoms. The second-order valence-electron chi connectivity index (χ2n) is 4.66. The lowest BCUT2D eigenvalue weighted by Crippen LogP contribution is -2.23. The summed E-state index contributed by atoms with van der Waals surface area (Å²) in [6.45, 7) is 0.351. The van der Waals surface area contributed by atoms with Crippen LogP contribution in [0.1, 0.15) is 22.2 Å². The van der Waals surface area contributed by atoms with Crippen LogP contribution in [0.25, 0.3) is 11.3 Å². The molecule has 118 valence electrons. The molecule has 0 spiro atoms. The number of nitrogens with zero attached hydrogens (tertiary/aromatic N) is 3. The van der Waals surface area contributed by atoms with Gasteiger partial charge >= 0.3 is 0 Å². The van der Waals surface area contributed by atoms with Crippen LogP contribution in [0.3, 0.4) is 0 Å². The van der Waals surface area contributed by atoms with Crippen molar-refractivity contribution in [2.24, 2.45) is 0 Å². The Morgan fingerprint density at radius 2 is 2.04 bits per heavy atom. The number of rotatable bonds is 6. The maximum atomic E-state index is 12.1. The SMILES string of the molecule is COCc1nc(CNC(=O)c2cc(-c3ccccc3)on2)no1. The van der Waals surface area contributed by atoms with Gasteiger partial charge in [0.2, 0.25) is 0 Å². The molecule has 0 fully saturated rings. The van der Waals surface area contributed by atoms with Crippen LogP contribution >= 0.6 is 0 Å². The van der Waals surface area contributed by atoms with Crippen LogP contribution in [0.5, 0.6) is 0 Å². The van der Waals surface area contributed by atoms with Crippen molar-refractivity contribution in [2.75, 3.05) is 7.11 Å². The molecule has 2 heterocycles. The molecule has 23 heavy (non-hydrogen) atoms. The third-order valence-electron chi connectivity index (χ3n) is 2.99. The number of nitrogens with one attached hydrogen (secondary N) is 1. The fourth-order valence-electron chi connectivity index (χ4n) is 1.91. The van der Waals surface area contributed by atoms with Gasteiger partial charge in [-0.1, -0.05) is 40.6 Å². The Balaban J connectivity index is 1.61. The van der Waals surface area contributed by atoms with Crippen molar-refractivity contribution in [1.29, 1.82) is 0 Å². The van der Waals surface area contributed by atoms with E-state index in [1.165, 1.54) is 7.11 Å². The number of aromatic nitrogens is 3. The lowest BCUT2D eigenvalue weighted by atomic mass is 10.1. The summed E-state index contributed by atoms with van der Waals surface area (Å²) in [5.74, 6) is 0.855. The van der Waals surface area contributed by atoms with Crippen LogP contribution in [0.15, 0.2) is 45.4 Å². The summed E-state index contributed by atoms with van der Waals surface area (Å²) < 4.78 is 15.0. The zero-order chi connectivity index (χ0) is 16.1. The molecule has 0 aliphatic heterocycles. The summed E-state index contributed by atoms with van der Waals surface area (Å²) in [5, 5.41) is 10.1. The van der Waals surface area contributed by atoms with Gasteiger partial charge in [0.1, 0.15) is 6.61 Å². The van der Waals surface area contributed by atoms with Crippen LogP contribution < -0.4 is 5.32 Å². The predicted octanol–water partition coefficient (Wildman–Crippen LogP) is 1.80. The van der Waals surface area contributed by atoms with E-state index in [1.807, 2.05) is 30.3 Å². The third kappa shape index (κ3) is 3.61. The molecule has 0 aliphatic carbocycles. The first-order chi connectivity index (χ1) is 11.3. The largest absolute Gasteiger partial charge is 0.375 e. The summed E-state index contributed by atoms with van der Waals surface area (Å²) in [6, 6.07) is 11.0. The molecule has 8 nitrogen and oxygen atoms in total. The van der Waals surface area contributed by atoms with Crippen LogP contribution in [0, 0.1) is 0 Å². The van der Waals surface area contributed by atoms with Gasteiger partial charge in [-0.3, -0.25) is 4.79 Å².